The van der Waals surface area contributed by atoms with Crippen molar-refractivity contribution in [2.75, 3.05) is 18.2 Å². The molecule has 0 unspecified atom stereocenters. The molecule has 4 nitrogen and oxygen atoms in total. The standard InChI is InChI=1S/C14H12BrClN2O2/c1-20-13-5-3-9(7-12(13)17)18-14(19)10-4-2-8(15)6-11(10)16/h2-7H,17H2,1H3,(H,18,19). The number of hydrogen-bond acceptors (Lipinski definition) is 3. The van der Waals surface area contributed by atoms with Crippen molar-refractivity contribution >= 4 is 44.8 Å². The summed E-state index contributed by atoms with van der Waals surface area (Å²) in [6.45, 7) is 0. The van der Waals surface area contributed by atoms with Crippen molar-refractivity contribution in [1.29, 1.82) is 0 Å². The van der Waals surface area contributed by atoms with Gasteiger partial charge in [0.2, 0.25) is 0 Å². The van der Waals surface area contributed by atoms with Crippen LogP contribution in [-0.4, -0.2) is 13.0 Å². The molecule has 0 atom stereocenters. The molecule has 0 heterocycles. The van der Waals surface area contributed by atoms with Crippen molar-refractivity contribution in [2.45, 2.75) is 0 Å². The molecule has 104 valence electrons. The summed E-state index contributed by atoms with van der Waals surface area (Å²) in [7, 11) is 1.53. The number of carbonyl (C=O) groups excluding carboxylic acids is 1. The minimum Gasteiger partial charge on any atom is -0.495 e. The lowest BCUT2D eigenvalue weighted by molar-refractivity contribution is 0.102. The average Bonchev–Trinajstić information content (AvgIpc) is 2.38. The maximum atomic E-state index is 12.1. The Labute approximate surface area is 130 Å². The van der Waals surface area contributed by atoms with Gasteiger partial charge in [-0.15, -0.1) is 0 Å². The Hall–Kier alpha value is -1.72. The third kappa shape index (κ3) is 3.23. The van der Waals surface area contributed by atoms with Crippen LogP contribution in [-0.2, 0) is 0 Å². The van der Waals surface area contributed by atoms with Gasteiger partial charge in [0, 0.05) is 10.2 Å². The van der Waals surface area contributed by atoms with Gasteiger partial charge in [-0.2, -0.15) is 0 Å². The van der Waals surface area contributed by atoms with E-state index in [0.29, 0.717) is 27.7 Å². The van der Waals surface area contributed by atoms with Crippen molar-refractivity contribution in [3.63, 3.8) is 0 Å². The van der Waals surface area contributed by atoms with Gasteiger partial charge in [0.15, 0.2) is 0 Å². The number of halogens is 2. The van der Waals surface area contributed by atoms with Crippen molar-refractivity contribution in [3.8, 4) is 5.75 Å². The Morgan fingerprint density at radius 3 is 2.65 bits per heavy atom. The number of benzene rings is 2. The predicted molar refractivity (Wildman–Crippen MR) is 84.5 cm³/mol. The number of nitrogens with two attached hydrogens (primary N) is 1. The van der Waals surface area contributed by atoms with Gasteiger partial charge < -0.3 is 15.8 Å². The number of hydrogen-bond donors (Lipinski definition) is 2. The molecule has 0 bridgehead atoms. The van der Waals surface area contributed by atoms with Crippen molar-refractivity contribution in [2.24, 2.45) is 0 Å². The van der Waals surface area contributed by atoms with Crippen LogP contribution >= 0.6 is 27.5 Å². The molecule has 2 aromatic rings. The van der Waals surface area contributed by atoms with Crippen LogP contribution in [0.25, 0.3) is 0 Å². The Kier molecular flexibility index (Phi) is 4.52. The SMILES string of the molecule is COc1ccc(NC(=O)c2ccc(Br)cc2Cl)cc1N. The van der Waals surface area contributed by atoms with Crippen LogP contribution < -0.4 is 15.8 Å². The Morgan fingerprint density at radius 1 is 1.30 bits per heavy atom. The second kappa shape index (κ2) is 6.15. The summed E-state index contributed by atoms with van der Waals surface area (Å²) in [5.74, 6) is 0.261. The Balaban J connectivity index is 2.21. The lowest BCUT2D eigenvalue weighted by atomic mass is 10.2. The average molecular weight is 356 g/mol. The van der Waals surface area contributed by atoms with Gasteiger partial charge in [-0.1, -0.05) is 27.5 Å². The van der Waals surface area contributed by atoms with Crippen LogP contribution in [0.4, 0.5) is 11.4 Å². The summed E-state index contributed by atoms with van der Waals surface area (Å²) < 4.78 is 5.87. The first kappa shape index (κ1) is 14.7. The number of carbonyl (C=O) groups is 1. The highest BCUT2D eigenvalue weighted by atomic mass is 79.9. The fourth-order valence-electron chi connectivity index (χ4n) is 1.68. The van der Waals surface area contributed by atoms with Crippen LogP contribution in [0.2, 0.25) is 5.02 Å². The molecule has 2 aromatic carbocycles. The summed E-state index contributed by atoms with van der Waals surface area (Å²) in [6, 6.07) is 10.1. The third-order valence-corrected chi connectivity index (χ3v) is 3.47. The minimum atomic E-state index is -0.299. The number of ether oxygens (including phenoxy) is 1. The van der Waals surface area contributed by atoms with Crippen LogP contribution in [0.15, 0.2) is 40.9 Å². The van der Waals surface area contributed by atoms with E-state index in [0.717, 1.165) is 4.47 Å². The van der Waals surface area contributed by atoms with Gasteiger partial charge in [0.1, 0.15) is 5.75 Å². The molecule has 6 heteroatoms. The van der Waals surface area contributed by atoms with E-state index in [1.807, 2.05) is 0 Å². The van der Waals surface area contributed by atoms with Gasteiger partial charge >= 0.3 is 0 Å². The molecule has 0 aliphatic carbocycles. The van der Waals surface area contributed by atoms with Crippen LogP contribution in [0.3, 0.4) is 0 Å². The number of nitrogen functional groups attached to an aromatic ring is 1. The molecule has 3 N–H and O–H groups in total. The fourth-order valence-corrected chi connectivity index (χ4v) is 2.44. The lowest BCUT2D eigenvalue weighted by Crippen LogP contribution is -2.12. The molecule has 0 fully saturated rings. The van der Waals surface area contributed by atoms with Gasteiger partial charge in [-0.3, -0.25) is 4.79 Å². The summed E-state index contributed by atoms with van der Waals surface area (Å²) in [4.78, 5) is 12.1. The molecule has 0 aliphatic rings. The quantitative estimate of drug-likeness (QED) is 0.820. The zero-order valence-corrected chi connectivity index (χ0v) is 13.0. The predicted octanol–water partition coefficient (Wildman–Crippen LogP) is 3.95. The zero-order chi connectivity index (χ0) is 14.7. The molecule has 1 amide bonds. The molecule has 0 spiro atoms. The first-order valence-electron chi connectivity index (χ1n) is 5.71. The molecule has 0 saturated heterocycles. The van der Waals surface area contributed by atoms with Gasteiger partial charge in [0.05, 0.1) is 23.4 Å². The van der Waals surface area contributed by atoms with Crippen LogP contribution in [0.5, 0.6) is 5.75 Å². The Bertz CT molecular complexity index is 662. The topological polar surface area (TPSA) is 64.3 Å². The van der Waals surface area contributed by atoms with E-state index in [1.54, 1.807) is 36.4 Å². The van der Waals surface area contributed by atoms with Crippen LogP contribution in [0, 0.1) is 0 Å². The second-order valence-corrected chi connectivity index (χ2v) is 5.36. The number of anilines is 2. The maximum absolute atomic E-state index is 12.1. The van der Waals surface area contributed by atoms with Crippen LogP contribution in [0.1, 0.15) is 10.4 Å². The lowest BCUT2D eigenvalue weighted by Gasteiger charge is -2.09. The van der Waals surface area contributed by atoms with Crippen molar-refractivity contribution < 1.29 is 9.53 Å². The summed E-state index contributed by atoms with van der Waals surface area (Å²) in [5, 5.41) is 3.11. The maximum Gasteiger partial charge on any atom is 0.257 e. The van der Waals surface area contributed by atoms with Crippen molar-refractivity contribution in [3.05, 3.63) is 51.5 Å². The molecule has 0 saturated carbocycles. The molecule has 0 aromatic heterocycles. The minimum absolute atomic E-state index is 0.299. The van der Waals surface area contributed by atoms with E-state index in [-0.39, 0.29) is 5.91 Å². The smallest absolute Gasteiger partial charge is 0.257 e. The number of amides is 1. The first-order valence-corrected chi connectivity index (χ1v) is 6.88. The van der Waals surface area contributed by atoms with E-state index in [1.165, 1.54) is 7.11 Å². The number of nitrogens with one attached hydrogen (secondary N) is 1. The zero-order valence-electron chi connectivity index (χ0n) is 10.6. The third-order valence-electron chi connectivity index (χ3n) is 2.66. The molecule has 2 rings (SSSR count). The summed E-state index contributed by atoms with van der Waals surface area (Å²) >= 11 is 9.33. The first-order chi connectivity index (χ1) is 9.51. The second-order valence-electron chi connectivity index (χ2n) is 4.04. The normalized spacial score (nSPS) is 10.2. The molecule has 20 heavy (non-hydrogen) atoms. The van der Waals surface area contributed by atoms with Crippen molar-refractivity contribution in [1.82, 2.24) is 0 Å². The highest BCUT2D eigenvalue weighted by Crippen LogP contribution is 2.26. The van der Waals surface area contributed by atoms with E-state index >= 15 is 0 Å². The van der Waals surface area contributed by atoms with E-state index in [4.69, 9.17) is 22.1 Å². The monoisotopic (exact) mass is 354 g/mol. The largest absolute Gasteiger partial charge is 0.495 e. The fraction of sp³-hybridized carbons (Fsp3) is 0.0714. The Morgan fingerprint density at radius 2 is 2.05 bits per heavy atom. The summed E-state index contributed by atoms with van der Waals surface area (Å²) in [5.41, 5.74) is 7.21. The highest BCUT2D eigenvalue weighted by molar-refractivity contribution is 9.10. The number of methoxy groups -OCH3 is 1. The van der Waals surface area contributed by atoms with Gasteiger partial charge in [-0.25, -0.2) is 0 Å². The molecule has 0 radical (unpaired) electrons. The molecular weight excluding hydrogens is 344 g/mol. The van der Waals surface area contributed by atoms with Gasteiger partial charge in [-0.05, 0) is 36.4 Å². The van der Waals surface area contributed by atoms with E-state index in [9.17, 15) is 4.79 Å². The summed E-state index contributed by atoms with van der Waals surface area (Å²) in [6.07, 6.45) is 0. The van der Waals surface area contributed by atoms with E-state index in [2.05, 4.69) is 21.2 Å². The van der Waals surface area contributed by atoms with E-state index < -0.39 is 0 Å². The molecular formula is C14H12BrClN2O2. The van der Waals surface area contributed by atoms with Gasteiger partial charge in [0.25, 0.3) is 5.91 Å². The molecule has 0 aliphatic heterocycles. The number of rotatable bonds is 3. The highest BCUT2D eigenvalue weighted by Gasteiger charge is 2.11.